The maximum Gasteiger partial charge on any atom is 0.407 e. The number of ether oxygens (including phenoxy) is 1. The summed E-state index contributed by atoms with van der Waals surface area (Å²) < 4.78 is 5.17. The van der Waals surface area contributed by atoms with E-state index in [1.54, 1.807) is 0 Å². The predicted molar refractivity (Wildman–Crippen MR) is 83.1 cm³/mol. The van der Waals surface area contributed by atoms with Crippen molar-refractivity contribution in [2.24, 2.45) is 4.99 Å². The number of rotatable bonds is 5. The Balaban J connectivity index is 2.42. The van der Waals surface area contributed by atoms with Crippen molar-refractivity contribution in [3.63, 3.8) is 0 Å². The second kappa shape index (κ2) is 7.78. The van der Waals surface area contributed by atoms with Crippen molar-refractivity contribution >= 4 is 23.5 Å². The largest absolute Gasteiger partial charge is 0.444 e. The molecule has 0 saturated carbocycles. The van der Waals surface area contributed by atoms with Gasteiger partial charge < -0.3 is 10.1 Å². The van der Waals surface area contributed by atoms with Crippen LogP contribution in [0, 0.1) is 0 Å². The van der Waals surface area contributed by atoms with E-state index in [1.807, 2.05) is 45.0 Å². The van der Waals surface area contributed by atoms with E-state index in [1.165, 1.54) is 0 Å². The quantitative estimate of drug-likeness (QED) is 0.669. The van der Waals surface area contributed by atoms with Crippen molar-refractivity contribution in [2.45, 2.75) is 39.3 Å². The molecule has 0 aromatic heterocycles. The van der Waals surface area contributed by atoms with E-state index in [2.05, 4.69) is 27.7 Å². The van der Waals surface area contributed by atoms with Crippen LogP contribution in [0.15, 0.2) is 29.3 Å². The molecule has 0 aliphatic rings. The van der Waals surface area contributed by atoms with Crippen LogP contribution in [0.4, 0.5) is 4.79 Å². The summed E-state index contributed by atoms with van der Waals surface area (Å²) in [7, 11) is 0. The van der Waals surface area contributed by atoms with E-state index in [0.717, 1.165) is 17.5 Å². The molecule has 1 amide bonds. The number of hydrogen-bond donors (Lipinski definition) is 1. The van der Waals surface area contributed by atoms with Gasteiger partial charge in [0.25, 0.3) is 0 Å². The van der Waals surface area contributed by atoms with Crippen LogP contribution in [0.1, 0.15) is 31.9 Å². The van der Waals surface area contributed by atoms with Gasteiger partial charge in [0, 0.05) is 6.54 Å². The number of nitrogens with zero attached hydrogens (tertiary/aromatic N) is 1. The Morgan fingerprint density at radius 1 is 1.40 bits per heavy atom. The Morgan fingerprint density at radius 3 is 2.75 bits per heavy atom. The Hall–Kier alpha value is -1.71. The highest BCUT2D eigenvalue weighted by Crippen LogP contribution is 2.08. The van der Waals surface area contributed by atoms with Crippen molar-refractivity contribution in [2.75, 3.05) is 6.54 Å². The van der Waals surface area contributed by atoms with Crippen molar-refractivity contribution in [1.82, 2.24) is 5.32 Å². The molecule has 0 aliphatic heterocycles. The zero-order chi connectivity index (χ0) is 15.0. The lowest BCUT2D eigenvalue weighted by Crippen LogP contribution is -2.33. The van der Waals surface area contributed by atoms with Crippen LogP contribution in [0.25, 0.3) is 0 Å². The predicted octanol–water partition coefficient (Wildman–Crippen LogP) is 3.36. The molecular formula is C15H20N2O2S. The van der Waals surface area contributed by atoms with Crippen LogP contribution in [-0.4, -0.2) is 23.4 Å². The molecule has 4 nitrogen and oxygen atoms in total. The van der Waals surface area contributed by atoms with E-state index >= 15 is 0 Å². The van der Waals surface area contributed by atoms with Gasteiger partial charge in [-0.25, -0.2) is 9.79 Å². The molecule has 0 fully saturated rings. The van der Waals surface area contributed by atoms with E-state index in [-0.39, 0.29) is 6.09 Å². The first-order valence-corrected chi connectivity index (χ1v) is 6.90. The van der Waals surface area contributed by atoms with Gasteiger partial charge in [-0.05, 0) is 50.5 Å². The fourth-order valence-corrected chi connectivity index (χ4v) is 1.69. The lowest BCUT2D eigenvalue weighted by atomic mass is 10.1. The number of aliphatic imine (C=N–C) groups is 1. The molecule has 0 atom stereocenters. The number of benzene rings is 1. The van der Waals surface area contributed by atoms with Gasteiger partial charge in [-0.2, -0.15) is 0 Å². The van der Waals surface area contributed by atoms with E-state index in [9.17, 15) is 4.79 Å². The number of amides is 1. The standard InChI is InChI=1S/C15H20N2O2S/c1-15(2,3)19-14(18)17-8-7-12-5-4-6-13(9-12)10-16-11-20/h4-6,9H,7-8,10H2,1-3H3,(H,17,18). The van der Waals surface area contributed by atoms with Crippen molar-refractivity contribution in [1.29, 1.82) is 0 Å². The summed E-state index contributed by atoms with van der Waals surface area (Å²) in [6.07, 6.45) is 0.355. The number of thiocarbonyl (C=S) groups is 1. The fourth-order valence-electron chi connectivity index (χ4n) is 1.63. The first-order valence-electron chi connectivity index (χ1n) is 6.49. The molecule has 0 saturated heterocycles. The summed E-state index contributed by atoms with van der Waals surface area (Å²) in [5.74, 6) is 0. The van der Waals surface area contributed by atoms with Gasteiger partial charge in [0.1, 0.15) is 5.60 Å². The minimum atomic E-state index is -0.470. The average molecular weight is 292 g/mol. The molecule has 1 aromatic carbocycles. The number of hydrogen-bond acceptors (Lipinski definition) is 4. The third kappa shape index (κ3) is 7.02. The number of nitrogens with one attached hydrogen (secondary N) is 1. The van der Waals surface area contributed by atoms with E-state index < -0.39 is 5.60 Å². The molecule has 1 rings (SSSR count). The molecule has 5 heteroatoms. The van der Waals surface area contributed by atoms with Crippen LogP contribution >= 0.6 is 12.2 Å². The molecule has 1 aromatic rings. The van der Waals surface area contributed by atoms with Gasteiger partial charge in [0.05, 0.1) is 11.7 Å². The van der Waals surface area contributed by atoms with Gasteiger partial charge in [-0.15, -0.1) is 0 Å². The molecule has 1 N–H and O–H groups in total. The Kier molecular flexibility index (Phi) is 6.36. The van der Waals surface area contributed by atoms with Crippen LogP contribution in [0.5, 0.6) is 0 Å². The number of isothiocyanates is 1. The van der Waals surface area contributed by atoms with Crippen LogP contribution in [-0.2, 0) is 17.7 Å². The third-order valence-corrected chi connectivity index (χ3v) is 2.53. The van der Waals surface area contributed by atoms with E-state index in [0.29, 0.717) is 13.1 Å². The molecule has 0 heterocycles. The van der Waals surface area contributed by atoms with Gasteiger partial charge in [0.15, 0.2) is 0 Å². The average Bonchev–Trinajstić information content (AvgIpc) is 2.34. The molecule has 108 valence electrons. The SMILES string of the molecule is CC(C)(C)OC(=O)NCCc1cccc(CN=C=S)c1. The number of carbonyl (C=O) groups is 1. The highest BCUT2D eigenvalue weighted by molar-refractivity contribution is 7.78. The Bertz CT molecular complexity index is 503. The fraction of sp³-hybridized carbons (Fsp3) is 0.467. The third-order valence-electron chi connectivity index (χ3n) is 2.40. The first-order chi connectivity index (χ1) is 9.40. The number of alkyl carbamates (subject to hydrolysis) is 1. The summed E-state index contributed by atoms with van der Waals surface area (Å²) >= 11 is 4.55. The second-order valence-electron chi connectivity index (χ2n) is 5.41. The van der Waals surface area contributed by atoms with Gasteiger partial charge in [0.2, 0.25) is 0 Å². The number of carbonyl (C=O) groups excluding carboxylic acids is 1. The molecule has 0 spiro atoms. The highest BCUT2D eigenvalue weighted by atomic mass is 32.1. The second-order valence-corrected chi connectivity index (χ2v) is 5.59. The van der Waals surface area contributed by atoms with Crippen LogP contribution in [0.3, 0.4) is 0 Å². The van der Waals surface area contributed by atoms with Crippen molar-refractivity contribution in [3.8, 4) is 0 Å². The van der Waals surface area contributed by atoms with Crippen molar-refractivity contribution in [3.05, 3.63) is 35.4 Å². The van der Waals surface area contributed by atoms with Crippen LogP contribution < -0.4 is 5.32 Å². The van der Waals surface area contributed by atoms with E-state index in [4.69, 9.17) is 4.74 Å². The summed E-state index contributed by atoms with van der Waals surface area (Å²) in [4.78, 5) is 15.4. The summed E-state index contributed by atoms with van der Waals surface area (Å²) in [6.45, 7) is 6.60. The molecule has 0 radical (unpaired) electrons. The monoisotopic (exact) mass is 292 g/mol. The maximum atomic E-state index is 11.5. The zero-order valence-electron chi connectivity index (χ0n) is 12.1. The normalized spacial score (nSPS) is 10.6. The zero-order valence-corrected chi connectivity index (χ0v) is 12.9. The molecular weight excluding hydrogens is 272 g/mol. The van der Waals surface area contributed by atoms with Gasteiger partial charge >= 0.3 is 6.09 Å². The maximum absolute atomic E-state index is 11.5. The Labute approximate surface area is 125 Å². The molecule has 0 unspecified atom stereocenters. The minimum Gasteiger partial charge on any atom is -0.444 e. The van der Waals surface area contributed by atoms with Crippen LogP contribution in [0.2, 0.25) is 0 Å². The Morgan fingerprint density at radius 2 is 2.10 bits per heavy atom. The van der Waals surface area contributed by atoms with Crippen molar-refractivity contribution < 1.29 is 9.53 Å². The minimum absolute atomic E-state index is 0.390. The topological polar surface area (TPSA) is 50.7 Å². The molecule has 0 aliphatic carbocycles. The first kappa shape index (κ1) is 16.3. The summed E-state index contributed by atoms with van der Waals surface area (Å²) in [5.41, 5.74) is 1.75. The smallest absolute Gasteiger partial charge is 0.407 e. The lowest BCUT2D eigenvalue weighted by molar-refractivity contribution is 0.0528. The van der Waals surface area contributed by atoms with Gasteiger partial charge in [-0.3, -0.25) is 0 Å². The molecule has 0 bridgehead atoms. The highest BCUT2D eigenvalue weighted by Gasteiger charge is 2.15. The van der Waals surface area contributed by atoms with Gasteiger partial charge in [-0.1, -0.05) is 24.3 Å². The molecule has 20 heavy (non-hydrogen) atoms. The summed E-state index contributed by atoms with van der Waals surface area (Å²) in [5, 5.41) is 5.09. The summed E-state index contributed by atoms with van der Waals surface area (Å²) in [6, 6.07) is 8.02. The lowest BCUT2D eigenvalue weighted by Gasteiger charge is -2.19.